The van der Waals surface area contributed by atoms with Crippen LogP contribution in [-0.2, 0) is 9.47 Å². The molecule has 2 aliphatic heterocycles. The Bertz CT molecular complexity index is 998. The Balaban J connectivity index is 1.65. The fraction of sp³-hybridized carbons (Fsp3) is 0.391. The van der Waals surface area contributed by atoms with Crippen molar-refractivity contribution < 1.29 is 23.0 Å². The van der Waals surface area contributed by atoms with Crippen LogP contribution in [-0.4, -0.2) is 49.6 Å². The predicted octanol–water partition coefficient (Wildman–Crippen LogP) is 3.52. The molecule has 0 aliphatic carbocycles. The first kappa shape index (κ1) is 21.2. The average molecular weight is 427 g/mol. The summed E-state index contributed by atoms with van der Waals surface area (Å²) in [6, 6.07) is 13.0. The van der Waals surface area contributed by atoms with Crippen molar-refractivity contribution in [1.82, 2.24) is 10.2 Å². The molecule has 2 aliphatic rings. The molecule has 6 nitrogen and oxygen atoms in total. The summed E-state index contributed by atoms with van der Waals surface area (Å²) in [5.74, 6) is -2.24. The number of amides is 1. The Morgan fingerprint density at radius 3 is 2.35 bits per heavy atom. The summed E-state index contributed by atoms with van der Waals surface area (Å²) in [6.07, 6.45) is 0.432. The van der Waals surface area contributed by atoms with Gasteiger partial charge in [0.2, 0.25) is 0 Å². The summed E-state index contributed by atoms with van der Waals surface area (Å²) in [6.45, 7) is 1.72. The van der Waals surface area contributed by atoms with E-state index in [4.69, 9.17) is 14.7 Å². The fourth-order valence-corrected chi connectivity index (χ4v) is 4.46. The van der Waals surface area contributed by atoms with Crippen LogP contribution < -0.4 is 5.32 Å². The standard InChI is InChI=1S/C23H23F2N3O3/c1-30-21(28-10-8-23(9-11-28)14-27-22(29)31-23)20(16-4-2-15(13-26)3-5-16)17-6-7-18(24)19(25)12-17/h2-7,12,20-21H,8-11,14H2,1H3,(H,27,29). The van der Waals surface area contributed by atoms with Crippen molar-refractivity contribution in [2.45, 2.75) is 30.6 Å². The van der Waals surface area contributed by atoms with Gasteiger partial charge >= 0.3 is 6.09 Å². The van der Waals surface area contributed by atoms with Gasteiger partial charge in [0, 0.05) is 39.0 Å². The van der Waals surface area contributed by atoms with Crippen molar-refractivity contribution in [3.63, 3.8) is 0 Å². The zero-order valence-electron chi connectivity index (χ0n) is 17.1. The van der Waals surface area contributed by atoms with Gasteiger partial charge < -0.3 is 14.8 Å². The summed E-state index contributed by atoms with van der Waals surface area (Å²) < 4.78 is 39.1. The highest BCUT2D eigenvalue weighted by atomic mass is 19.2. The molecular formula is C23H23F2N3O3. The van der Waals surface area contributed by atoms with Crippen LogP contribution in [0.2, 0.25) is 0 Å². The van der Waals surface area contributed by atoms with Gasteiger partial charge in [0.25, 0.3) is 0 Å². The Morgan fingerprint density at radius 1 is 1.13 bits per heavy atom. The van der Waals surface area contributed by atoms with Gasteiger partial charge in [-0.05, 0) is 35.4 Å². The molecule has 2 unspecified atom stereocenters. The molecule has 1 N–H and O–H groups in total. The first-order chi connectivity index (χ1) is 14.9. The molecule has 0 saturated carbocycles. The largest absolute Gasteiger partial charge is 0.441 e. The molecule has 162 valence electrons. The number of nitrogens with one attached hydrogen (secondary N) is 1. The Labute approximate surface area is 179 Å². The number of alkyl carbamates (subject to hydrolysis) is 1. The second-order valence-electron chi connectivity index (χ2n) is 7.97. The lowest BCUT2D eigenvalue weighted by atomic mass is 9.86. The second-order valence-corrected chi connectivity index (χ2v) is 7.97. The molecule has 0 bridgehead atoms. The van der Waals surface area contributed by atoms with E-state index in [0.717, 1.165) is 11.6 Å². The minimum Gasteiger partial charge on any atom is -0.441 e. The Hall–Kier alpha value is -3.02. The van der Waals surface area contributed by atoms with E-state index in [1.54, 1.807) is 25.3 Å². The molecule has 31 heavy (non-hydrogen) atoms. The number of nitriles is 1. The highest BCUT2D eigenvalue weighted by Crippen LogP contribution is 2.36. The zero-order chi connectivity index (χ0) is 22.0. The molecule has 2 aromatic carbocycles. The van der Waals surface area contributed by atoms with Crippen molar-refractivity contribution in [2.24, 2.45) is 0 Å². The zero-order valence-corrected chi connectivity index (χ0v) is 17.1. The number of ether oxygens (including phenoxy) is 2. The number of piperidine rings is 1. The van der Waals surface area contributed by atoms with Crippen LogP contribution in [0, 0.1) is 23.0 Å². The van der Waals surface area contributed by atoms with Gasteiger partial charge in [0.1, 0.15) is 11.8 Å². The van der Waals surface area contributed by atoms with Crippen molar-refractivity contribution in [2.75, 3.05) is 26.7 Å². The number of benzene rings is 2. The van der Waals surface area contributed by atoms with Crippen LogP contribution in [0.1, 0.15) is 35.4 Å². The van der Waals surface area contributed by atoms with Gasteiger partial charge in [-0.2, -0.15) is 5.26 Å². The fourth-order valence-electron chi connectivity index (χ4n) is 4.46. The number of carbonyl (C=O) groups is 1. The molecule has 1 spiro atoms. The lowest BCUT2D eigenvalue weighted by Crippen LogP contribution is -2.52. The first-order valence-corrected chi connectivity index (χ1v) is 10.1. The summed E-state index contributed by atoms with van der Waals surface area (Å²) in [7, 11) is 1.59. The van der Waals surface area contributed by atoms with Gasteiger partial charge in [-0.3, -0.25) is 4.90 Å². The number of halogens is 2. The van der Waals surface area contributed by atoms with E-state index in [2.05, 4.69) is 16.3 Å². The molecule has 2 atom stereocenters. The Kier molecular flexibility index (Phi) is 5.90. The number of rotatable bonds is 5. The van der Waals surface area contributed by atoms with Crippen molar-refractivity contribution >= 4 is 6.09 Å². The third-order valence-corrected chi connectivity index (χ3v) is 6.16. The molecule has 8 heteroatoms. The monoisotopic (exact) mass is 427 g/mol. The maximum atomic E-state index is 14.1. The van der Waals surface area contributed by atoms with E-state index in [0.29, 0.717) is 43.6 Å². The molecule has 0 aromatic heterocycles. The number of methoxy groups -OCH3 is 1. The number of hydrogen-bond acceptors (Lipinski definition) is 5. The Morgan fingerprint density at radius 2 is 1.81 bits per heavy atom. The van der Waals surface area contributed by atoms with Crippen LogP contribution in [0.3, 0.4) is 0 Å². The van der Waals surface area contributed by atoms with Crippen LogP contribution in [0.4, 0.5) is 13.6 Å². The lowest BCUT2D eigenvalue weighted by molar-refractivity contribution is -0.0847. The highest BCUT2D eigenvalue weighted by Gasteiger charge is 2.45. The van der Waals surface area contributed by atoms with Crippen molar-refractivity contribution in [3.05, 3.63) is 70.8 Å². The van der Waals surface area contributed by atoms with Crippen LogP contribution in [0.5, 0.6) is 0 Å². The van der Waals surface area contributed by atoms with Crippen LogP contribution in [0.25, 0.3) is 0 Å². The van der Waals surface area contributed by atoms with Crippen LogP contribution >= 0.6 is 0 Å². The molecule has 4 rings (SSSR count). The maximum Gasteiger partial charge on any atom is 0.407 e. The number of likely N-dealkylation sites (tertiary alicyclic amines) is 1. The molecule has 1 amide bonds. The van der Waals surface area contributed by atoms with E-state index in [1.165, 1.54) is 6.07 Å². The van der Waals surface area contributed by atoms with Crippen molar-refractivity contribution in [3.8, 4) is 6.07 Å². The van der Waals surface area contributed by atoms with E-state index < -0.39 is 35.5 Å². The van der Waals surface area contributed by atoms with E-state index in [9.17, 15) is 13.6 Å². The lowest BCUT2D eigenvalue weighted by Gasteiger charge is -2.43. The third kappa shape index (κ3) is 4.24. The summed E-state index contributed by atoms with van der Waals surface area (Å²) in [4.78, 5) is 13.6. The predicted molar refractivity (Wildman–Crippen MR) is 108 cm³/mol. The summed E-state index contributed by atoms with van der Waals surface area (Å²) >= 11 is 0. The molecular weight excluding hydrogens is 404 g/mol. The van der Waals surface area contributed by atoms with Crippen molar-refractivity contribution in [1.29, 1.82) is 5.26 Å². The summed E-state index contributed by atoms with van der Waals surface area (Å²) in [5, 5.41) is 11.8. The molecule has 2 aromatic rings. The third-order valence-electron chi connectivity index (χ3n) is 6.16. The molecule has 2 saturated heterocycles. The minimum absolute atomic E-state index is 0.394. The highest BCUT2D eigenvalue weighted by molar-refractivity contribution is 5.70. The summed E-state index contributed by atoms with van der Waals surface area (Å²) in [5.41, 5.74) is 1.41. The topological polar surface area (TPSA) is 74.6 Å². The van der Waals surface area contributed by atoms with Gasteiger partial charge in [-0.1, -0.05) is 18.2 Å². The average Bonchev–Trinajstić information content (AvgIpc) is 3.15. The normalized spacial score (nSPS) is 20.0. The quantitative estimate of drug-likeness (QED) is 0.791. The SMILES string of the molecule is COC(C(c1ccc(C#N)cc1)c1ccc(F)c(F)c1)N1CCC2(CC1)CNC(=O)O2. The smallest absolute Gasteiger partial charge is 0.407 e. The number of hydrogen-bond donors (Lipinski definition) is 1. The van der Waals surface area contributed by atoms with E-state index >= 15 is 0 Å². The number of nitrogens with zero attached hydrogens (tertiary/aromatic N) is 2. The van der Waals surface area contributed by atoms with Gasteiger partial charge in [0.05, 0.1) is 18.2 Å². The minimum atomic E-state index is -0.924. The van der Waals surface area contributed by atoms with Gasteiger partial charge in [0.15, 0.2) is 11.6 Å². The van der Waals surface area contributed by atoms with Gasteiger partial charge in [-0.15, -0.1) is 0 Å². The molecule has 0 radical (unpaired) electrons. The molecule has 2 heterocycles. The number of carbonyl (C=O) groups excluding carboxylic acids is 1. The second kappa shape index (κ2) is 8.61. The van der Waals surface area contributed by atoms with E-state index in [1.807, 2.05) is 12.1 Å². The van der Waals surface area contributed by atoms with Gasteiger partial charge in [-0.25, -0.2) is 13.6 Å². The van der Waals surface area contributed by atoms with Crippen LogP contribution in [0.15, 0.2) is 42.5 Å². The molecule has 2 fully saturated rings. The first-order valence-electron chi connectivity index (χ1n) is 10.1. The maximum absolute atomic E-state index is 14.1. The van der Waals surface area contributed by atoms with E-state index in [-0.39, 0.29) is 0 Å².